The summed E-state index contributed by atoms with van der Waals surface area (Å²) in [4.78, 5) is 12.5. The van der Waals surface area contributed by atoms with Crippen molar-refractivity contribution >= 4 is 43.3 Å². The molecule has 10 heteroatoms. The van der Waals surface area contributed by atoms with Crippen LogP contribution in [0.2, 0.25) is 0 Å². The molecule has 0 aliphatic carbocycles. The minimum absolute atomic E-state index is 0.0120. The van der Waals surface area contributed by atoms with Crippen LogP contribution >= 0.6 is 11.5 Å². The average molecular weight is 561 g/mol. The molecule has 0 fully saturated rings. The number of carbonyl (C=O) groups excluding carboxylic acids is 1. The number of hydrogen-bond acceptors (Lipinski definition) is 7. The number of nitrogens with zero attached hydrogens (tertiary/aromatic N) is 1. The van der Waals surface area contributed by atoms with Gasteiger partial charge in [0.15, 0.2) is 9.84 Å². The minimum Gasteiger partial charge on any atom is -0.493 e. The zero-order valence-corrected chi connectivity index (χ0v) is 25.0. The monoisotopic (exact) mass is 560 g/mol. The van der Waals surface area contributed by atoms with Crippen LogP contribution in [0.5, 0.6) is 5.75 Å². The molecule has 0 radical (unpaired) electrons. The van der Waals surface area contributed by atoms with Crippen molar-refractivity contribution in [1.29, 1.82) is 0 Å². The SMILES string of the molecule is CCC(C)(C)c1ccc(OCCCNC(=O)NNc2snc3ccc(S(C)(=O)=O)cc23)c(C(C)(C)CC)c1. The molecule has 0 aliphatic rings. The highest BCUT2D eigenvalue weighted by Gasteiger charge is 2.26. The van der Waals surface area contributed by atoms with E-state index in [2.05, 4.69) is 80.3 Å². The fourth-order valence-corrected chi connectivity index (χ4v) is 5.21. The number of amides is 2. The van der Waals surface area contributed by atoms with Crippen LogP contribution < -0.4 is 20.9 Å². The number of fused-ring (bicyclic) bond motifs is 1. The molecule has 0 spiro atoms. The average Bonchev–Trinajstić information content (AvgIpc) is 3.29. The fraction of sp³-hybridized carbons (Fsp3) is 0.500. The molecule has 8 nitrogen and oxygen atoms in total. The van der Waals surface area contributed by atoms with E-state index in [9.17, 15) is 13.2 Å². The topological polar surface area (TPSA) is 109 Å². The molecule has 1 aromatic heterocycles. The van der Waals surface area contributed by atoms with E-state index in [-0.39, 0.29) is 15.7 Å². The van der Waals surface area contributed by atoms with Crippen molar-refractivity contribution in [3.05, 3.63) is 47.5 Å². The van der Waals surface area contributed by atoms with E-state index >= 15 is 0 Å². The van der Waals surface area contributed by atoms with Crippen molar-refractivity contribution in [2.45, 2.75) is 76.5 Å². The first kappa shape index (κ1) is 29.7. The number of anilines is 1. The molecule has 0 aliphatic heterocycles. The number of hydrogen-bond donors (Lipinski definition) is 3. The van der Waals surface area contributed by atoms with E-state index in [0.29, 0.717) is 35.5 Å². The molecule has 38 heavy (non-hydrogen) atoms. The Kier molecular flexibility index (Phi) is 9.30. The van der Waals surface area contributed by atoms with Gasteiger partial charge in [0.2, 0.25) is 0 Å². The standard InChI is InChI=1S/C28H40N4O4S2/c1-8-27(3,4)19-11-14-24(22(17-19)28(5,6)9-2)36-16-10-15-29-26(33)31-30-25-21-18-20(38(7,34)35)12-13-23(21)32-37-25/h11-14,17-18,30H,8-10,15-16H2,1-7H3,(H2,29,31,33). The van der Waals surface area contributed by atoms with Gasteiger partial charge in [0.25, 0.3) is 0 Å². The summed E-state index contributed by atoms with van der Waals surface area (Å²) in [6, 6.07) is 10.9. The normalized spacial score (nSPS) is 12.4. The molecular formula is C28H40N4O4S2. The van der Waals surface area contributed by atoms with Crippen molar-refractivity contribution in [2.24, 2.45) is 0 Å². The van der Waals surface area contributed by atoms with E-state index < -0.39 is 15.9 Å². The Hall–Kier alpha value is -2.85. The highest BCUT2D eigenvalue weighted by Crippen LogP contribution is 2.38. The maximum atomic E-state index is 12.3. The number of nitrogens with one attached hydrogen (secondary N) is 3. The Balaban J connectivity index is 1.52. The van der Waals surface area contributed by atoms with Gasteiger partial charge in [-0.3, -0.25) is 10.9 Å². The molecule has 2 aromatic carbocycles. The number of rotatable bonds is 12. The third kappa shape index (κ3) is 7.17. The minimum atomic E-state index is -3.34. The molecule has 0 saturated carbocycles. The van der Waals surface area contributed by atoms with Gasteiger partial charge in [0.1, 0.15) is 10.8 Å². The lowest BCUT2D eigenvalue weighted by atomic mass is 9.76. The van der Waals surface area contributed by atoms with Crippen LogP contribution in [-0.2, 0) is 20.7 Å². The molecular weight excluding hydrogens is 520 g/mol. The second kappa shape index (κ2) is 11.9. The largest absolute Gasteiger partial charge is 0.493 e. The Bertz CT molecular complexity index is 1380. The molecule has 1 heterocycles. The lowest BCUT2D eigenvalue weighted by molar-refractivity contribution is 0.241. The summed E-state index contributed by atoms with van der Waals surface area (Å²) in [5, 5.41) is 3.99. The van der Waals surface area contributed by atoms with Crippen LogP contribution in [-0.4, -0.2) is 38.2 Å². The van der Waals surface area contributed by atoms with E-state index in [1.807, 2.05) is 0 Å². The quantitative estimate of drug-likeness (QED) is 0.181. The predicted octanol–water partition coefficient (Wildman–Crippen LogP) is 6.17. The van der Waals surface area contributed by atoms with Crippen molar-refractivity contribution in [1.82, 2.24) is 15.1 Å². The first-order valence-electron chi connectivity index (χ1n) is 13.0. The lowest BCUT2D eigenvalue weighted by Gasteiger charge is -2.30. The van der Waals surface area contributed by atoms with Crippen molar-refractivity contribution in [3.8, 4) is 5.75 Å². The van der Waals surface area contributed by atoms with Crippen molar-refractivity contribution < 1.29 is 17.9 Å². The Morgan fingerprint density at radius 1 is 1.03 bits per heavy atom. The Morgan fingerprint density at radius 2 is 1.74 bits per heavy atom. The molecule has 3 N–H and O–H groups in total. The number of ether oxygens (including phenoxy) is 1. The van der Waals surface area contributed by atoms with Crippen LogP contribution in [0.3, 0.4) is 0 Å². The number of carbonyl (C=O) groups is 1. The van der Waals surface area contributed by atoms with Gasteiger partial charge in [-0.25, -0.2) is 13.2 Å². The summed E-state index contributed by atoms with van der Waals surface area (Å²) in [5.41, 5.74) is 8.69. The summed E-state index contributed by atoms with van der Waals surface area (Å²) in [5.74, 6) is 0.893. The van der Waals surface area contributed by atoms with Crippen LogP contribution in [0, 0.1) is 0 Å². The van der Waals surface area contributed by atoms with Gasteiger partial charge < -0.3 is 10.1 Å². The van der Waals surface area contributed by atoms with Crippen molar-refractivity contribution in [3.63, 3.8) is 0 Å². The highest BCUT2D eigenvalue weighted by atomic mass is 32.2. The third-order valence-corrected chi connectivity index (χ3v) is 9.19. The third-order valence-electron chi connectivity index (χ3n) is 7.29. The van der Waals surface area contributed by atoms with Crippen LogP contribution in [0.1, 0.15) is 71.9 Å². The first-order chi connectivity index (χ1) is 17.8. The maximum absolute atomic E-state index is 12.3. The first-order valence-corrected chi connectivity index (χ1v) is 15.6. The van der Waals surface area contributed by atoms with Crippen LogP contribution in [0.4, 0.5) is 9.80 Å². The molecule has 3 rings (SSSR count). The number of benzene rings is 2. The van der Waals surface area contributed by atoms with E-state index in [1.165, 1.54) is 17.2 Å². The van der Waals surface area contributed by atoms with Gasteiger partial charge in [0.05, 0.1) is 17.0 Å². The van der Waals surface area contributed by atoms with Crippen molar-refractivity contribution in [2.75, 3.05) is 24.8 Å². The number of urea groups is 1. The predicted molar refractivity (Wildman–Crippen MR) is 156 cm³/mol. The molecule has 0 saturated heterocycles. The molecule has 3 aromatic rings. The molecule has 0 bridgehead atoms. The van der Waals surface area contributed by atoms with Gasteiger partial charge in [0, 0.05) is 23.8 Å². The second-order valence-electron chi connectivity index (χ2n) is 10.9. The zero-order valence-electron chi connectivity index (χ0n) is 23.4. The van der Waals surface area contributed by atoms with Crippen LogP contribution in [0.25, 0.3) is 10.9 Å². The lowest BCUT2D eigenvalue weighted by Crippen LogP contribution is -2.39. The van der Waals surface area contributed by atoms with E-state index in [1.54, 1.807) is 12.1 Å². The Morgan fingerprint density at radius 3 is 2.39 bits per heavy atom. The summed E-state index contributed by atoms with van der Waals surface area (Å²) in [7, 11) is -3.34. The fourth-order valence-electron chi connectivity index (χ4n) is 3.86. The number of aromatic nitrogens is 1. The molecule has 0 atom stereocenters. The summed E-state index contributed by atoms with van der Waals surface area (Å²) < 4.78 is 34.2. The smallest absolute Gasteiger partial charge is 0.333 e. The molecule has 208 valence electrons. The molecule has 2 amide bonds. The van der Waals surface area contributed by atoms with Crippen LogP contribution in [0.15, 0.2) is 41.3 Å². The number of sulfone groups is 1. The van der Waals surface area contributed by atoms with E-state index in [0.717, 1.165) is 36.4 Å². The van der Waals surface area contributed by atoms with Gasteiger partial charge in [-0.1, -0.05) is 53.7 Å². The van der Waals surface area contributed by atoms with Gasteiger partial charge >= 0.3 is 6.03 Å². The summed E-state index contributed by atoms with van der Waals surface area (Å²) in [6.07, 6.45) is 3.86. The maximum Gasteiger partial charge on any atom is 0.333 e. The highest BCUT2D eigenvalue weighted by molar-refractivity contribution is 7.90. The molecule has 0 unspecified atom stereocenters. The summed E-state index contributed by atoms with van der Waals surface area (Å²) in [6.45, 7) is 14.3. The van der Waals surface area contributed by atoms with Gasteiger partial charge in [-0.2, -0.15) is 4.37 Å². The zero-order chi connectivity index (χ0) is 28.1. The Labute approximate surface area is 230 Å². The van der Waals surface area contributed by atoms with Gasteiger partial charge in [-0.05, 0) is 71.5 Å². The summed E-state index contributed by atoms with van der Waals surface area (Å²) >= 11 is 1.14. The van der Waals surface area contributed by atoms with Gasteiger partial charge in [-0.15, -0.1) is 0 Å². The second-order valence-corrected chi connectivity index (χ2v) is 13.6. The number of hydrazine groups is 1. The van der Waals surface area contributed by atoms with E-state index in [4.69, 9.17) is 4.74 Å².